The van der Waals surface area contributed by atoms with Crippen molar-refractivity contribution in [2.75, 3.05) is 5.32 Å². The summed E-state index contributed by atoms with van der Waals surface area (Å²) >= 11 is 3.09. The van der Waals surface area contributed by atoms with E-state index in [1.807, 2.05) is 0 Å². The number of hydrogen-bond donors (Lipinski definition) is 2. The van der Waals surface area contributed by atoms with Gasteiger partial charge in [-0.25, -0.2) is 9.78 Å². The van der Waals surface area contributed by atoms with Gasteiger partial charge in [0, 0.05) is 0 Å². The van der Waals surface area contributed by atoms with Crippen LogP contribution in [0.1, 0.15) is 85.0 Å². The second-order valence-corrected chi connectivity index (χ2v) is 11.3. The van der Waals surface area contributed by atoms with Gasteiger partial charge in [0.25, 0.3) is 0 Å². The molecule has 0 aromatic carbocycles. The molecule has 2 aliphatic carbocycles. The molecule has 0 unspecified atom stereocenters. The minimum absolute atomic E-state index is 0.0124. The third-order valence-corrected chi connectivity index (χ3v) is 7.37. The molecule has 1 aromatic rings. The molecule has 1 heterocycles. The molecule has 0 bridgehead atoms. The van der Waals surface area contributed by atoms with Crippen LogP contribution in [-0.2, 0) is 9.53 Å². The largest absolute Gasteiger partial charge is 0.444 e. The summed E-state index contributed by atoms with van der Waals surface area (Å²) in [5.74, 6) is -0.192. The summed E-state index contributed by atoms with van der Waals surface area (Å²) in [5.41, 5.74) is -0.674. The van der Waals surface area contributed by atoms with Crippen LogP contribution in [0.2, 0.25) is 0 Å². The lowest BCUT2D eigenvalue weighted by Gasteiger charge is -2.41. The molecular weight excluding hydrogens is 489 g/mol. The molecule has 33 heavy (non-hydrogen) atoms. The quantitative estimate of drug-likeness (QED) is 0.410. The first-order chi connectivity index (χ1) is 15.6. The minimum Gasteiger partial charge on any atom is -0.444 e. The number of carbonyl (C=O) groups excluding carboxylic acids is 2. The van der Waals surface area contributed by atoms with Crippen LogP contribution >= 0.6 is 15.9 Å². The number of pyridine rings is 1. The molecule has 0 aliphatic heterocycles. The molecule has 2 fully saturated rings. The number of hydrogen-bond acceptors (Lipinski definition) is 4. The highest BCUT2D eigenvalue weighted by Gasteiger charge is 2.41. The molecule has 6 nitrogen and oxygen atoms in total. The molecule has 184 valence electrons. The Morgan fingerprint density at radius 1 is 1.03 bits per heavy atom. The van der Waals surface area contributed by atoms with E-state index >= 15 is 0 Å². The lowest BCUT2D eigenvalue weighted by Crippen LogP contribution is -2.54. The van der Waals surface area contributed by atoms with Gasteiger partial charge in [0.2, 0.25) is 11.9 Å². The molecule has 2 aliphatic rings. The van der Waals surface area contributed by atoms with E-state index in [-0.39, 0.29) is 22.1 Å². The van der Waals surface area contributed by atoms with Crippen molar-refractivity contribution in [2.24, 2.45) is 17.8 Å². The predicted octanol–water partition coefficient (Wildman–Crippen LogP) is 6.59. The molecule has 1 aromatic heterocycles. The molecule has 2 amide bonds. The number of alkyl carbamates (subject to hydrolysis) is 1. The summed E-state index contributed by atoms with van der Waals surface area (Å²) in [6.45, 7) is 5.40. The van der Waals surface area contributed by atoms with Crippen molar-refractivity contribution in [1.82, 2.24) is 10.3 Å². The second-order valence-electron chi connectivity index (χ2n) is 10.5. The molecule has 8 heteroatoms. The van der Waals surface area contributed by atoms with Gasteiger partial charge in [-0.1, -0.05) is 64.2 Å². The van der Waals surface area contributed by atoms with Crippen LogP contribution in [0, 0.1) is 23.7 Å². The third kappa shape index (κ3) is 7.66. The van der Waals surface area contributed by atoms with E-state index < -0.39 is 23.7 Å². The van der Waals surface area contributed by atoms with E-state index in [0.29, 0.717) is 11.8 Å². The van der Waals surface area contributed by atoms with Crippen molar-refractivity contribution in [3.05, 3.63) is 22.6 Å². The van der Waals surface area contributed by atoms with Gasteiger partial charge in [-0.3, -0.25) is 4.79 Å². The van der Waals surface area contributed by atoms with Gasteiger partial charge in [-0.15, -0.1) is 0 Å². The molecule has 1 atom stereocenters. The fourth-order valence-electron chi connectivity index (χ4n) is 5.43. The maximum absolute atomic E-state index is 14.0. The molecule has 0 spiro atoms. The topological polar surface area (TPSA) is 80.3 Å². The van der Waals surface area contributed by atoms with Crippen LogP contribution in [0.4, 0.5) is 15.0 Å². The number of ether oxygens (including phenoxy) is 1. The average Bonchev–Trinajstić information content (AvgIpc) is 2.76. The minimum atomic E-state index is -0.764. The average molecular weight is 526 g/mol. The number of nitrogens with one attached hydrogen (secondary N) is 2. The summed E-state index contributed by atoms with van der Waals surface area (Å²) in [4.78, 5) is 30.2. The zero-order valence-electron chi connectivity index (χ0n) is 20.0. The van der Waals surface area contributed by atoms with Crippen LogP contribution in [0.15, 0.2) is 16.6 Å². The fourth-order valence-corrected chi connectivity index (χ4v) is 5.65. The maximum atomic E-state index is 14.0. The Labute approximate surface area is 205 Å². The Morgan fingerprint density at radius 2 is 1.58 bits per heavy atom. The lowest BCUT2D eigenvalue weighted by atomic mass is 9.66. The predicted molar refractivity (Wildman–Crippen MR) is 130 cm³/mol. The number of halogens is 2. The highest BCUT2D eigenvalue weighted by Crippen LogP contribution is 2.42. The molecule has 2 N–H and O–H groups in total. The molecule has 0 saturated heterocycles. The van der Waals surface area contributed by atoms with Crippen molar-refractivity contribution >= 4 is 33.7 Å². The first kappa shape index (κ1) is 25.9. The summed E-state index contributed by atoms with van der Waals surface area (Å²) in [6, 6.07) is 2.29. The van der Waals surface area contributed by atoms with E-state index in [1.165, 1.54) is 18.9 Å². The first-order valence-corrected chi connectivity index (χ1v) is 13.1. The monoisotopic (exact) mass is 525 g/mol. The summed E-state index contributed by atoms with van der Waals surface area (Å²) < 4.78 is 19.7. The number of anilines is 1. The van der Waals surface area contributed by atoms with Crippen LogP contribution in [-0.4, -0.2) is 28.6 Å². The Hall–Kier alpha value is -1.70. The molecule has 2 saturated carbocycles. The smallest absolute Gasteiger partial charge is 0.408 e. The van der Waals surface area contributed by atoms with Crippen molar-refractivity contribution in [2.45, 2.75) is 96.6 Å². The molecule has 3 rings (SSSR count). The Morgan fingerprint density at radius 3 is 2.06 bits per heavy atom. The number of rotatable bonds is 6. The molecular formula is C25H37BrFN3O3. The van der Waals surface area contributed by atoms with E-state index in [0.717, 1.165) is 51.4 Å². The van der Waals surface area contributed by atoms with Crippen molar-refractivity contribution < 1.29 is 18.7 Å². The summed E-state index contributed by atoms with van der Waals surface area (Å²) in [5, 5.41) is 5.67. The zero-order chi connectivity index (χ0) is 24.0. The number of nitrogens with zero attached hydrogens (tertiary/aromatic N) is 1. The van der Waals surface area contributed by atoms with E-state index in [2.05, 4.69) is 31.5 Å². The summed E-state index contributed by atoms with van der Waals surface area (Å²) in [7, 11) is 0. The maximum Gasteiger partial charge on any atom is 0.408 e. The van der Waals surface area contributed by atoms with Gasteiger partial charge in [0.1, 0.15) is 17.5 Å². The Bertz CT molecular complexity index is 800. The van der Waals surface area contributed by atoms with E-state index in [1.54, 1.807) is 26.8 Å². The Balaban J connectivity index is 1.89. The molecule has 0 radical (unpaired) electrons. The Kier molecular flexibility index (Phi) is 9.13. The van der Waals surface area contributed by atoms with Crippen LogP contribution < -0.4 is 10.6 Å². The van der Waals surface area contributed by atoms with E-state index in [4.69, 9.17) is 4.74 Å². The highest BCUT2D eigenvalue weighted by atomic mass is 79.9. The van der Waals surface area contributed by atoms with E-state index in [9.17, 15) is 14.0 Å². The van der Waals surface area contributed by atoms with Gasteiger partial charge >= 0.3 is 6.09 Å². The van der Waals surface area contributed by atoms with Crippen LogP contribution in [0.25, 0.3) is 0 Å². The number of amides is 2. The third-order valence-electron chi connectivity index (χ3n) is 6.78. The second kappa shape index (κ2) is 11.6. The van der Waals surface area contributed by atoms with Gasteiger partial charge in [0.15, 0.2) is 0 Å². The highest BCUT2D eigenvalue weighted by molar-refractivity contribution is 9.10. The SMILES string of the molecule is CC(C)(C)OC(=O)N[C@H](C(=O)Nc1ccc(Br)c(F)n1)C(C1CCCCC1)C1CCCCC1. The van der Waals surface area contributed by atoms with Crippen molar-refractivity contribution in [3.8, 4) is 0 Å². The van der Waals surface area contributed by atoms with Crippen LogP contribution in [0.3, 0.4) is 0 Å². The normalized spacial score (nSPS) is 19.2. The first-order valence-electron chi connectivity index (χ1n) is 12.3. The zero-order valence-corrected chi connectivity index (χ0v) is 21.5. The van der Waals surface area contributed by atoms with Gasteiger partial charge in [-0.2, -0.15) is 4.39 Å². The fraction of sp³-hybridized carbons (Fsp3) is 0.720. The lowest BCUT2D eigenvalue weighted by molar-refractivity contribution is -0.121. The summed E-state index contributed by atoms with van der Waals surface area (Å²) in [6.07, 6.45) is 10.7. The van der Waals surface area contributed by atoms with Gasteiger partial charge < -0.3 is 15.4 Å². The number of aromatic nitrogens is 1. The van der Waals surface area contributed by atoms with Crippen molar-refractivity contribution in [1.29, 1.82) is 0 Å². The van der Waals surface area contributed by atoms with Crippen molar-refractivity contribution in [3.63, 3.8) is 0 Å². The van der Waals surface area contributed by atoms with Gasteiger partial charge in [-0.05, 0) is 66.6 Å². The number of carbonyl (C=O) groups is 2. The van der Waals surface area contributed by atoms with Crippen LogP contribution in [0.5, 0.6) is 0 Å². The van der Waals surface area contributed by atoms with Gasteiger partial charge in [0.05, 0.1) is 4.47 Å². The standard InChI is InChI=1S/C25H37BrFN3O3/c1-25(2,3)33-24(32)30-21(23(31)29-19-15-14-18(26)22(27)28-19)20(16-10-6-4-7-11-16)17-12-8-5-9-13-17/h14-17,20-21H,4-13H2,1-3H3,(H,30,32)(H,28,29,31)/t21-/m0/s1.